The first-order valence-corrected chi connectivity index (χ1v) is 9.12. The van der Waals surface area contributed by atoms with Gasteiger partial charge in [0.25, 0.3) is 0 Å². The van der Waals surface area contributed by atoms with E-state index in [1.54, 1.807) is 4.90 Å². The SMILES string of the molecule is CCCC(CNC(=O)C1CCCN(C(=O)Nc2ccccc2)C1)C(=O)O. The first-order chi connectivity index (χ1) is 12.5. The lowest BCUT2D eigenvalue weighted by molar-refractivity contribution is -0.142. The highest BCUT2D eigenvalue weighted by Gasteiger charge is 2.29. The van der Waals surface area contributed by atoms with Crippen LogP contribution in [0, 0.1) is 11.8 Å². The zero-order valence-electron chi connectivity index (χ0n) is 15.1. The molecule has 2 unspecified atom stereocenters. The lowest BCUT2D eigenvalue weighted by atomic mass is 9.96. The summed E-state index contributed by atoms with van der Waals surface area (Å²) in [6.07, 6.45) is 2.74. The third-order valence-electron chi connectivity index (χ3n) is 4.61. The molecule has 142 valence electrons. The van der Waals surface area contributed by atoms with Gasteiger partial charge < -0.3 is 20.6 Å². The Morgan fingerprint density at radius 2 is 2.00 bits per heavy atom. The second-order valence-electron chi connectivity index (χ2n) is 6.65. The van der Waals surface area contributed by atoms with E-state index in [-0.39, 0.29) is 24.4 Å². The molecule has 1 heterocycles. The van der Waals surface area contributed by atoms with Crippen LogP contribution in [-0.2, 0) is 9.59 Å². The van der Waals surface area contributed by atoms with Crippen LogP contribution in [-0.4, -0.2) is 47.5 Å². The van der Waals surface area contributed by atoms with Crippen LogP contribution in [0.15, 0.2) is 30.3 Å². The number of piperidine rings is 1. The molecular formula is C19H27N3O4. The zero-order chi connectivity index (χ0) is 18.9. The summed E-state index contributed by atoms with van der Waals surface area (Å²) in [7, 11) is 0. The Balaban J connectivity index is 1.85. The number of carboxylic acid groups (broad SMARTS) is 1. The molecule has 0 spiro atoms. The fourth-order valence-corrected chi connectivity index (χ4v) is 3.13. The van der Waals surface area contributed by atoms with E-state index in [9.17, 15) is 19.5 Å². The normalized spacial score (nSPS) is 18.0. The third-order valence-corrected chi connectivity index (χ3v) is 4.61. The summed E-state index contributed by atoms with van der Waals surface area (Å²) in [5, 5.41) is 14.8. The third kappa shape index (κ3) is 5.75. The largest absolute Gasteiger partial charge is 0.481 e. The van der Waals surface area contributed by atoms with Crippen LogP contribution in [0.1, 0.15) is 32.6 Å². The molecule has 2 rings (SSSR count). The molecule has 3 amide bonds. The van der Waals surface area contributed by atoms with Crippen molar-refractivity contribution >= 4 is 23.6 Å². The number of carboxylic acids is 1. The Labute approximate surface area is 153 Å². The van der Waals surface area contributed by atoms with Gasteiger partial charge in [0.15, 0.2) is 0 Å². The number of nitrogens with one attached hydrogen (secondary N) is 2. The van der Waals surface area contributed by atoms with Crippen molar-refractivity contribution in [1.82, 2.24) is 10.2 Å². The summed E-state index contributed by atoms with van der Waals surface area (Å²) >= 11 is 0. The highest BCUT2D eigenvalue weighted by Crippen LogP contribution is 2.18. The molecule has 1 saturated heterocycles. The number of likely N-dealkylation sites (tertiary alicyclic amines) is 1. The van der Waals surface area contributed by atoms with Crippen LogP contribution in [0.3, 0.4) is 0 Å². The van der Waals surface area contributed by atoms with Gasteiger partial charge in [-0.05, 0) is 31.4 Å². The van der Waals surface area contributed by atoms with Crippen LogP contribution < -0.4 is 10.6 Å². The topological polar surface area (TPSA) is 98.7 Å². The quantitative estimate of drug-likeness (QED) is 0.695. The monoisotopic (exact) mass is 361 g/mol. The predicted molar refractivity (Wildman–Crippen MR) is 98.8 cm³/mol. The summed E-state index contributed by atoms with van der Waals surface area (Å²) in [5.74, 6) is -1.93. The minimum Gasteiger partial charge on any atom is -0.481 e. The number of carbonyl (C=O) groups is 3. The fourth-order valence-electron chi connectivity index (χ4n) is 3.13. The fraction of sp³-hybridized carbons (Fsp3) is 0.526. The van der Waals surface area contributed by atoms with E-state index in [0.717, 1.165) is 12.8 Å². The van der Waals surface area contributed by atoms with Gasteiger partial charge in [-0.3, -0.25) is 9.59 Å². The Hall–Kier alpha value is -2.57. The number of hydrogen-bond acceptors (Lipinski definition) is 3. The van der Waals surface area contributed by atoms with Crippen molar-refractivity contribution in [2.45, 2.75) is 32.6 Å². The highest BCUT2D eigenvalue weighted by atomic mass is 16.4. The van der Waals surface area contributed by atoms with E-state index in [1.165, 1.54) is 0 Å². The van der Waals surface area contributed by atoms with Crippen LogP contribution in [0.5, 0.6) is 0 Å². The van der Waals surface area contributed by atoms with Crippen molar-refractivity contribution in [1.29, 1.82) is 0 Å². The second-order valence-corrected chi connectivity index (χ2v) is 6.65. The molecule has 0 aliphatic carbocycles. The molecule has 1 fully saturated rings. The number of urea groups is 1. The molecule has 0 aromatic heterocycles. The number of para-hydroxylation sites is 1. The standard InChI is InChI=1S/C19H27N3O4/c1-2-7-14(18(24)25)12-20-17(23)15-8-6-11-22(13-15)19(26)21-16-9-4-3-5-10-16/h3-5,9-10,14-15H,2,6-8,11-13H2,1H3,(H,20,23)(H,21,26)(H,24,25). The first-order valence-electron chi connectivity index (χ1n) is 9.12. The summed E-state index contributed by atoms with van der Waals surface area (Å²) in [6.45, 7) is 3.00. The van der Waals surface area contributed by atoms with Crippen molar-refractivity contribution < 1.29 is 19.5 Å². The molecule has 1 aromatic carbocycles. The summed E-state index contributed by atoms with van der Waals surface area (Å²) in [4.78, 5) is 37.6. The Morgan fingerprint density at radius 3 is 2.65 bits per heavy atom. The number of rotatable bonds is 7. The maximum atomic E-state index is 12.4. The second kappa shape index (κ2) is 9.79. The molecule has 7 heteroatoms. The van der Waals surface area contributed by atoms with E-state index in [2.05, 4.69) is 10.6 Å². The average molecular weight is 361 g/mol. The molecule has 0 bridgehead atoms. The van der Waals surface area contributed by atoms with Gasteiger partial charge in [-0.25, -0.2) is 4.79 Å². The van der Waals surface area contributed by atoms with Crippen LogP contribution >= 0.6 is 0 Å². The minimum atomic E-state index is -0.889. The first kappa shape index (κ1) is 19.8. The Morgan fingerprint density at radius 1 is 1.27 bits per heavy atom. The maximum Gasteiger partial charge on any atom is 0.321 e. The number of anilines is 1. The molecule has 0 saturated carbocycles. The number of aliphatic carboxylic acids is 1. The van der Waals surface area contributed by atoms with E-state index >= 15 is 0 Å². The van der Waals surface area contributed by atoms with Gasteiger partial charge in [-0.15, -0.1) is 0 Å². The molecule has 1 aliphatic heterocycles. The van der Waals surface area contributed by atoms with Crippen molar-refractivity contribution in [2.75, 3.05) is 25.0 Å². The predicted octanol–water partition coefficient (Wildman–Crippen LogP) is 2.55. The van der Waals surface area contributed by atoms with Crippen molar-refractivity contribution in [3.63, 3.8) is 0 Å². The number of benzene rings is 1. The average Bonchev–Trinajstić information content (AvgIpc) is 2.65. The van der Waals surface area contributed by atoms with Gasteiger partial charge in [0, 0.05) is 25.3 Å². The lowest BCUT2D eigenvalue weighted by Gasteiger charge is -2.32. The van der Waals surface area contributed by atoms with Crippen LogP contribution in [0.2, 0.25) is 0 Å². The minimum absolute atomic E-state index is 0.134. The molecule has 1 aliphatic rings. The van der Waals surface area contributed by atoms with Gasteiger partial charge in [0.05, 0.1) is 11.8 Å². The summed E-state index contributed by atoms with van der Waals surface area (Å²) in [6, 6.07) is 8.97. The Bertz CT molecular complexity index is 620. The number of carbonyl (C=O) groups excluding carboxylic acids is 2. The molecule has 7 nitrogen and oxygen atoms in total. The van der Waals surface area contributed by atoms with Gasteiger partial charge in [-0.1, -0.05) is 31.5 Å². The lowest BCUT2D eigenvalue weighted by Crippen LogP contribution is -2.47. The van der Waals surface area contributed by atoms with Crippen LogP contribution in [0.4, 0.5) is 10.5 Å². The smallest absolute Gasteiger partial charge is 0.321 e. The van der Waals surface area contributed by atoms with Crippen LogP contribution in [0.25, 0.3) is 0 Å². The number of amides is 3. The number of nitrogens with zero attached hydrogens (tertiary/aromatic N) is 1. The van der Waals surface area contributed by atoms with Crippen molar-refractivity contribution in [2.24, 2.45) is 11.8 Å². The number of hydrogen-bond donors (Lipinski definition) is 3. The maximum absolute atomic E-state index is 12.4. The van der Waals surface area contributed by atoms with E-state index < -0.39 is 11.9 Å². The molecular weight excluding hydrogens is 334 g/mol. The Kier molecular flexibility index (Phi) is 7.44. The van der Waals surface area contributed by atoms with Gasteiger partial charge in [0.2, 0.25) is 5.91 Å². The van der Waals surface area contributed by atoms with E-state index in [1.807, 2.05) is 37.3 Å². The summed E-state index contributed by atoms with van der Waals surface area (Å²) < 4.78 is 0. The zero-order valence-corrected chi connectivity index (χ0v) is 15.1. The molecule has 0 radical (unpaired) electrons. The van der Waals surface area contributed by atoms with Gasteiger partial charge >= 0.3 is 12.0 Å². The highest BCUT2D eigenvalue weighted by molar-refractivity contribution is 5.90. The van der Waals surface area contributed by atoms with E-state index in [4.69, 9.17) is 0 Å². The molecule has 1 aromatic rings. The van der Waals surface area contributed by atoms with Crippen molar-refractivity contribution in [3.05, 3.63) is 30.3 Å². The molecule has 2 atom stereocenters. The van der Waals surface area contributed by atoms with Gasteiger partial charge in [-0.2, -0.15) is 0 Å². The van der Waals surface area contributed by atoms with E-state index in [0.29, 0.717) is 31.6 Å². The van der Waals surface area contributed by atoms with Crippen molar-refractivity contribution in [3.8, 4) is 0 Å². The molecule has 3 N–H and O–H groups in total. The molecule has 26 heavy (non-hydrogen) atoms. The van der Waals surface area contributed by atoms with Gasteiger partial charge in [0.1, 0.15) is 0 Å². The summed E-state index contributed by atoms with van der Waals surface area (Å²) in [5.41, 5.74) is 0.716.